The molecule has 94 valence electrons. The van der Waals surface area contributed by atoms with Gasteiger partial charge in [0.25, 0.3) is 0 Å². The van der Waals surface area contributed by atoms with Gasteiger partial charge < -0.3 is 5.73 Å². The summed E-state index contributed by atoms with van der Waals surface area (Å²) in [7, 11) is 0. The van der Waals surface area contributed by atoms with Crippen LogP contribution in [0.25, 0.3) is 0 Å². The van der Waals surface area contributed by atoms with Gasteiger partial charge in [-0.1, -0.05) is 32.4 Å². The number of rotatable bonds is 3. The van der Waals surface area contributed by atoms with Crippen molar-refractivity contribution in [2.75, 3.05) is 0 Å². The third kappa shape index (κ3) is 3.75. The summed E-state index contributed by atoms with van der Waals surface area (Å²) in [5, 5.41) is 0.794. The quantitative estimate of drug-likeness (QED) is 0.868. The largest absolute Gasteiger partial charge is 0.326 e. The van der Waals surface area contributed by atoms with E-state index in [1.165, 1.54) is 36.1 Å². The van der Waals surface area contributed by atoms with E-state index in [4.69, 9.17) is 5.73 Å². The molecule has 2 rings (SSSR count). The van der Waals surface area contributed by atoms with Gasteiger partial charge in [-0.3, -0.25) is 0 Å². The van der Waals surface area contributed by atoms with E-state index in [1.807, 2.05) is 11.8 Å². The maximum Gasteiger partial charge on any atom is 0.0178 e. The van der Waals surface area contributed by atoms with E-state index in [9.17, 15) is 0 Å². The summed E-state index contributed by atoms with van der Waals surface area (Å²) in [5.74, 6) is 0. The predicted octanol–water partition coefficient (Wildman–Crippen LogP) is 4.21. The average Bonchev–Trinajstić information content (AvgIpc) is 2.29. The van der Waals surface area contributed by atoms with Crippen LogP contribution in [0, 0.1) is 5.41 Å². The molecular formula is C15H23NS. The van der Waals surface area contributed by atoms with Crippen LogP contribution < -0.4 is 5.73 Å². The van der Waals surface area contributed by atoms with Gasteiger partial charge in [-0.25, -0.2) is 0 Å². The van der Waals surface area contributed by atoms with E-state index in [0.717, 1.165) is 5.25 Å². The van der Waals surface area contributed by atoms with E-state index in [0.29, 0.717) is 12.0 Å². The van der Waals surface area contributed by atoms with Gasteiger partial charge in [0, 0.05) is 16.7 Å². The Morgan fingerprint density at radius 1 is 1.29 bits per heavy atom. The van der Waals surface area contributed by atoms with Crippen molar-refractivity contribution >= 4 is 11.8 Å². The number of thioether (sulfide) groups is 1. The van der Waals surface area contributed by atoms with Gasteiger partial charge in [0.15, 0.2) is 0 Å². The first-order valence-corrected chi connectivity index (χ1v) is 7.43. The minimum absolute atomic E-state index is 0.535. The van der Waals surface area contributed by atoms with Crippen LogP contribution in [0.5, 0.6) is 0 Å². The van der Waals surface area contributed by atoms with Crippen molar-refractivity contribution in [3.63, 3.8) is 0 Å². The van der Waals surface area contributed by atoms with Crippen molar-refractivity contribution in [1.82, 2.24) is 0 Å². The highest BCUT2D eigenvalue weighted by molar-refractivity contribution is 8.00. The number of hydrogen-bond acceptors (Lipinski definition) is 2. The third-order valence-electron chi connectivity index (χ3n) is 3.62. The van der Waals surface area contributed by atoms with Crippen molar-refractivity contribution < 1.29 is 0 Å². The number of benzene rings is 1. The molecule has 0 radical (unpaired) electrons. The fourth-order valence-electron chi connectivity index (χ4n) is 2.63. The van der Waals surface area contributed by atoms with Crippen LogP contribution in [0.3, 0.4) is 0 Å². The summed E-state index contributed by atoms with van der Waals surface area (Å²) in [5.41, 5.74) is 7.37. The normalized spacial score (nSPS) is 23.6. The predicted molar refractivity (Wildman–Crippen MR) is 76.2 cm³/mol. The van der Waals surface area contributed by atoms with Crippen molar-refractivity contribution in [3.8, 4) is 0 Å². The summed E-state index contributed by atoms with van der Waals surface area (Å²) in [6.45, 7) is 5.44. The molecule has 0 aliphatic heterocycles. The molecule has 1 aromatic rings. The second kappa shape index (κ2) is 5.45. The molecule has 0 aromatic heterocycles. The lowest BCUT2D eigenvalue weighted by atomic mass is 9.77. The van der Waals surface area contributed by atoms with Gasteiger partial charge in [-0.2, -0.15) is 0 Å². The lowest BCUT2D eigenvalue weighted by molar-refractivity contribution is 0.251. The smallest absolute Gasteiger partial charge is 0.0178 e. The maximum absolute atomic E-state index is 5.61. The van der Waals surface area contributed by atoms with Gasteiger partial charge in [-0.15, -0.1) is 11.8 Å². The summed E-state index contributed by atoms with van der Waals surface area (Å²) in [4.78, 5) is 1.39. The zero-order valence-electron chi connectivity index (χ0n) is 10.9. The van der Waals surface area contributed by atoms with Crippen LogP contribution in [0.1, 0.15) is 45.1 Å². The molecule has 1 aromatic carbocycles. The summed E-state index contributed by atoms with van der Waals surface area (Å²) in [6.07, 6.45) is 5.48. The Kier molecular flexibility index (Phi) is 4.16. The van der Waals surface area contributed by atoms with Crippen LogP contribution in [0.15, 0.2) is 29.2 Å². The first-order valence-electron chi connectivity index (χ1n) is 6.55. The Labute approximate surface area is 109 Å². The van der Waals surface area contributed by atoms with Gasteiger partial charge in [-0.05, 0) is 42.4 Å². The highest BCUT2D eigenvalue weighted by Crippen LogP contribution is 2.42. The third-order valence-corrected chi connectivity index (χ3v) is 4.90. The van der Waals surface area contributed by atoms with E-state index < -0.39 is 0 Å². The highest BCUT2D eigenvalue weighted by atomic mass is 32.2. The van der Waals surface area contributed by atoms with Gasteiger partial charge in [0.05, 0.1) is 0 Å². The Hall–Kier alpha value is -0.470. The fraction of sp³-hybridized carbons (Fsp3) is 0.600. The molecule has 1 fully saturated rings. The lowest BCUT2D eigenvalue weighted by Crippen LogP contribution is -2.24. The van der Waals surface area contributed by atoms with Crippen LogP contribution in [-0.4, -0.2) is 5.25 Å². The molecule has 0 heterocycles. The topological polar surface area (TPSA) is 26.0 Å². The first kappa shape index (κ1) is 13.0. The van der Waals surface area contributed by atoms with Crippen LogP contribution in [0.2, 0.25) is 0 Å². The Morgan fingerprint density at radius 3 is 2.59 bits per heavy atom. The fourth-order valence-corrected chi connectivity index (χ4v) is 4.12. The van der Waals surface area contributed by atoms with E-state index in [2.05, 4.69) is 38.1 Å². The minimum Gasteiger partial charge on any atom is -0.326 e. The standard InChI is InChI=1S/C15H23NS/c1-15(2)9-3-4-14(10-15)17-13-7-5-12(11-16)6-8-13/h5-8,14H,3-4,9-11,16H2,1-2H3. The van der Waals surface area contributed by atoms with Crippen molar-refractivity contribution in [2.24, 2.45) is 11.1 Å². The second-order valence-corrected chi connectivity index (χ2v) is 7.22. The molecule has 1 aliphatic rings. The monoisotopic (exact) mass is 249 g/mol. The molecule has 1 saturated carbocycles. The van der Waals surface area contributed by atoms with E-state index >= 15 is 0 Å². The molecular weight excluding hydrogens is 226 g/mol. The van der Waals surface area contributed by atoms with Gasteiger partial charge in [0.1, 0.15) is 0 Å². The zero-order chi connectivity index (χ0) is 12.3. The van der Waals surface area contributed by atoms with Crippen molar-refractivity contribution in [2.45, 2.75) is 56.2 Å². The molecule has 1 atom stereocenters. The van der Waals surface area contributed by atoms with Gasteiger partial charge in [0.2, 0.25) is 0 Å². The van der Waals surface area contributed by atoms with Crippen LogP contribution in [-0.2, 0) is 6.54 Å². The SMILES string of the molecule is CC1(C)CCCC(Sc2ccc(CN)cc2)C1. The molecule has 17 heavy (non-hydrogen) atoms. The number of nitrogens with two attached hydrogens (primary N) is 1. The molecule has 1 unspecified atom stereocenters. The van der Waals surface area contributed by atoms with Crippen molar-refractivity contribution in [3.05, 3.63) is 29.8 Å². The molecule has 1 nitrogen and oxygen atoms in total. The van der Waals surface area contributed by atoms with E-state index in [1.54, 1.807) is 0 Å². The maximum atomic E-state index is 5.61. The first-order chi connectivity index (χ1) is 8.09. The molecule has 0 spiro atoms. The highest BCUT2D eigenvalue weighted by Gasteiger charge is 2.28. The Balaban J connectivity index is 1.95. The minimum atomic E-state index is 0.535. The van der Waals surface area contributed by atoms with Gasteiger partial charge >= 0.3 is 0 Å². The summed E-state index contributed by atoms with van der Waals surface area (Å²) in [6, 6.07) is 8.73. The zero-order valence-corrected chi connectivity index (χ0v) is 11.7. The Morgan fingerprint density at radius 2 is 2.00 bits per heavy atom. The average molecular weight is 249 g/mol. The van der Waals surface area contributed by atoms with Crippen LogP contribution in [0.4, 0.5) is 0 Å². The Bertz CT molecular complexity index is 356. The second-order valence-electron chi connectivity index (χ2n) is 5.85. The molecule has 0 saturated heterocycles. The molecule has 1 aliphatic carbocycles. The van der Waals surface area contributed by atoms with Crippen LogP contribution >= 0.6 is 11.8 Å². The molecule has 2 heteroatoms. The molecule has 0 bridgehead atoms. The van der Waals surface area contributed by atoms with Crippen molar-refractivity contribution in [1.29, 1.82) is 0 Å². The molecule has 2 N–H and O–H groups in total. The summed E-state index contributed by atoms with van der Waals surface area (Å²) >= 11 is 2.05. The lowest BCUT2D eigenvalue weighted by Gasteiger charge is -2.34. The summed E-state index contributed by atoms with van der Waals surface area (Å²) < 4.78 is 0. The number of hydrogen-bond donors (Lipinski definition) is 1. The molecule has 0 amide bonds. The van der Waals surface area contributed by atoms with E-state index in [-0.39, 0.29) is 0 Å².